The summed E-state index contributed by atoms with van der Waals surface area (Å²) in [4.78, 5) is 6.65. The minimum atomic E-state index is 0.634. The van der Waals surface area contributed by atoms with Gasteiger partial charge in [-0.3, -0.25) is 9.88 Å². The second kappa shape index (κ2) is 5.61. The van der Waals surface area contributed by atoms with Gasteiger partial charge in [0.25, 0.3) is 0 Å². The molecule has 94 valence electrons. The molecule has 1 aromatic rings. The van der Waals surface area contributed by atoms with E-state index in [-0.39, 0.29) is 0 Å². The van der Waals surface area contributed by atoms with Gasteiger partial charge in [0.2, 0.25) is 0 Å². The zero-order chi connectivity index (χ0) is 12.3. The van der Waals surface area contributed by atoms with E-state index in [4.69, 9.17) is 0 Å². The fraction of sp³-hybridized carbons (Fsp3) is 0.643. The third-order valence-electron chi connectivity index (χ3n) is 4.20. The molecule has 2 heterocycles. The summed E-state index contributed by atoms with van der Waals surface area (Å²) in [6.45, 7) is 6.92. The Morgan fingerprint density at radius 2 is 2.06 bits per heavy atom. The molecule has 0 saturated carbocycles. The highest BCUT2D eigenvalue weighted by Gasteiger charge is 2.31. The van der Waals surface area contributed by atoms with Gasteiger partial charge in [-0.25, -0.2) is 0 Å². The largest absolute Gasteiger partial charge is 0.317 e. The molecular formula is C14H23N3. The van der Waals surface area contributed by atoms with Crippen molar-refractivity contribution >= 4 is 0 Å². The quantitative estimate of drug-likeness (QED) is 0.864. The summed E-state index contributed by atoms with van der Waals surface area (Å²) < 4.78 is 0. The van der Waals surface area contributed by atoms with Crippen molar-refractivity contribution in [1.82, 2.24) is 15.2 Å². The highest BCUT2D eigenvalue weighted by atomic mass is 15.2. The maximum Gasteiger partial charge on any atom is 0.0271 e. The van der Waals surface area contributed by atoms with Crippen LogP contribution in [0.1, 0.15) is 25.8 Å². The Morgan fingerprint density at radius 3 is 2.71 bits per heavy atom. The Balaban J connectivity index is 1.99. The minimum Gasteiger partial charge on any atom is -0.317 e. The molecule has 3 unspecified atom stereocenters. The number of hydrogen-bond donors (Lipinski definition) is 1. The molecule has 0 aromatic carbocycles. The first kappa shape index (κ1) is 12.5. The maximum absolute atomic E-state index is 4.07. The van der Waals surface area contributed by atoms with Gasteiger partial charge in [0.15, 0.2) is 0 Å². The molecule has 3 atom stereocenters. The third kappa shape index (κ3) is 2.85. The molecule has 3 nitrogen and oxygen atoms in total. The van der Waals surface area contributed by atoms with Crippen LogP contribution in [0.15, 0.2) is 24.5 Å². The van der Waals surface area contributed by atoms with Gasteiger partial charge < -0.3 is 5.32 Å². The molecule has 3 heteroatoms. The number of pyridine rings is 1. The predicted molar refractivity (Wildman–Crippen MR) is 70.7 cm³/mol. The Kier molecular flexibility index (Phi) is 4.13. The molecule has 0 aliphatic carbocycles. The van der Waals surface area contributed by atoms with E-state index in [9.17, 15) is 0 Å². The molecule has 1 aliphatic heterocycles. The van der Waals surface area contributed by atoms with Crippen LogP contribution in [0.25, 0.3) is 0 Å². The molecule has 1 saturated heterocycles. The summed E-state index contributed by atoms with van der Waals surface area (Å²) in [5.74, 6) is 0.704. The van der Waals surface area contributed by atoms with Crippen molar-refractivity contribution in [2.45, 2.75) is 38.9 Å². The molecule has 0 spiro atoms. The van der Waals surface area contributed by atoms with Crippen LogP contribution in [0, 0.1) is 5.92 Å². The fourth-order valence-corrected chi connectivity index (χ4v) is 2.79. The minimum absolute atomic E-state index is 0.634. The lowest BCUT2D eigenvalue weighted by Gasteiger charge is -2.42. The molecule has 1 N–H and O–H groups in total. The van der Waals surface area contributed by atoms with Gasteiger partial charge in [-0.2, -0.15) is 0 Å². The summed E-state index contributed by atoms with van der Waals surface area (Å²) in [7, 11) is 2.08. The molecule has 0 amide bonds. The Bertz CT molecular complexity index is 339. The van der Waals surface area contributed by atoms with Crippen LogP contribution in [0.2, 0.25) is 0 Å². The van der Waals surface area contributed by atoms with E-state index >= 15 is 0 Å². The molecule has 2 rings (SSSR count). The summed E-state index contributed by atoms with van der Waals surface area (Å²) in [5.41, 5.74) is 1.36. The number of aromatic nitrogens is 1. The molecule has 0 bridgehead atoms. The monoisotopic (exact) mass is 233 g/mol. The number of nitrogens with one attached hydrogen (secondary N) is 1. The first-order valence-electron chi connectivity index (χ1n) is 6.52. The van der Waals surface area contributed by atoms with Gasteiger partial charge in [0.05, 0.1) is 0 Å². The lowest BCUT2D eigenvalue weighted by molar-refractivity contribution is 0.0811. The van der Waals surface area contributed by atoms with E-state index in [1.165, 1.54) is 18.5 Å². The van der Waals surface area contributed by atoms with Gasteiger partial charge in [-0.15, -0.1) is 0 Å². The average Bonchev–Trinajstić information content (AvgIpc) is 2.37. The molecule has 17 heavy (non-hydrogen) atoms. The molecule has 1 aliphatic rings. The van der Waals surface area contributed by atoms with Crippen molar-refractivity contribution in [2.24, 2.45) is 5.92 Å². The van der Waals surface area contributed by atoms with E-state index in [1.54, 1.807) is 0 Å². The zero-order valence-electron chi connectivity index (χ0n) is 11.1. The number of rotatable bonds is 3. The molecule has 1 aromatic heterocycles. The zero-order valence-corrected chi connectivity index (χ0v) is 11.1. The summed E-state index contributed by atoms with van der Waals surface area (Å²) >= 11 is 0. The van der Waals surface area contributed by atoms with Crippen LogP contribution < -0.4 is 5.32 Å². The van der Waals surface area contributed by atoms with Crippen molar-refractivity contribution in [2.75, 3.05) is 13.6 Å². The van der Waals surface area contributed by atoms with Crippen molar-refractivity contribution < 1.29 is 0 Å². The lowest BCUT2D eigenvalue weighted by atomic mass is 9.87. The Hall–Kier alpha value is -0.930. The van der Waals surface area contributed by atoms with E-state index in [2.05, 4.69) is 48.2 Å². The van der Waals surface area contributed by atoms with Crippen LogP contribution in [0.5, 0.6) is 0 Å². The number of hydrogen-bond acceptors (Lipinski definition) is 3. The van der Waals surface area contributed by atoms with E-state index in [1.807, 2.05) is 12.4 Å². The number of piperidine rings is 1. The first-order chi connectivity index (χ1) is 8.22. The highest BCUT2D eigenvalue weighted by molar-refractivity contribution is 5.10. The molecular weight excluding hydrogens is 210 g/mol. The average molecular weight is 233 g/mol. The summed E-state index contributed by atoms with van der Waals surface area (Å²) in [6, 6.07) is 5.52. The SMILES string of the molecule is CNC1CCN(Cc2ccncc2)C(C)C1C. The number of nitrogens with zero attached hydrogens (tertiary/aromatic N) is 2. The van der Waals surface area contributed by atoms with Gasteiger partial charge in [0, 0.05) is 37.6 Å². The van der Waals surface area contributed by atoms with Crippen LogP contribution in [-0.4, -0.2) is 35.6 Å². The Labute approximate surface area is 104 Å². The van der Waals surface area contributed by atoms with Gasteiger partial charge in [0.1, 0.15) is 0 Å². The van der Waals surface area contributed by atoms with Crippen LogP contribution >= 0.6 is 0 Å². The van der Waals surface area contributed by atoms with Gasteiger partial charge in [-0.1, -0.05) is 6.92 Å². The van der Waals surface area contributed by atoms with Crippen molar-refractivity contribution in [3.05, 3.63) is 30.1 Å². The summed E-state index contributed by atoms with van der Waals surface area (Å²) in [5, 5.41) is 3.43. The van der Waals surface area contributed by atoms with Crippen LogP contribution in [-0.2, 0) is 6.54 Å². The predicted octanol–water partition coefficient (Wildman–Crippen LogP) is 1.90. The number of likely N-dealkylation sites (tertiary alicyclic amines) is 1. The van der Waals surface area contributed by atoms with Crippen molar-refractivity contribution in [3.63, 3.8) is 0 Å². The summed E-state index contributed by atoms with van der Waals surface area (Å²) in [6.07, 6.45) is 5.00. The van der Waals surface area contributed by atoms with Crippen molar-refractivity contribution in [3.8, 4) is 0 Å². The van der Waals surface area contributed by atoms with E-state index in [0.29, 0.717) is 18.0 Å². The second-order valence-corrected chi connectivity index (χ2v) is 5.11. The fourth-order valence-electron chi connectivity index (χ4n) is 2.79. The standard InChI is InChI=1S/C14H23N3/c1-11-12(2)17(9-6-14(11)15-3)10-13-4-7-16-8-5-13/h4-5,7-8,11-12,14-15H,6,9-10H2,1-3H3. The van der Waals surface area contributed by atoms with Gasteiger partial charge in [-0.05, 0) is 44.0 Å². The van der Waals surface area contributed by atoms with Gasteiger partial charge >= 0.3 is 0 Å². The second-order valence-electron chi connectivity index (χ2n) is 5.11. The smallest absolute Gasteiger partial charge is 0.0271 e. The van der Waals surface area contributed by atoms with Crippen LogP contribution in [0.3, 0.4) is 0 Å². The van der Waals surface area contributed by atoms with E-state index in [0.717, 1.165) is 6.54 Å². The Morgan fingerprint density at radius 1 is 1.35 bits per heavy atom. The van der Waals surface area contributed by atoms with Crippen LogP contribution in [0.4, 0.5) is 0 Å². The highest BCUT2D eigenvalue weighted by Crippen LogP contribution is 2.24. The normalized spacial score (nSPS) is 30.4. The maximum atomic E-state index is 4.07. The third-order valence-corrected chi connectivity index (χ3v) is 4.20. The molecule has 0 radical (unpaired) electrons. The molecule has 1 fully saturated rings. The van der Waals surface area contributed by atoms with Crippen molar-refractivity contribution in [1.29, 1.82) is 0 Å². The topological polar surface area (TPSA) is 28.2 Å². The lowest BCUT2D eigenvalue weighted by Crippen LogP contribution is -2.52. The first-order valence-corrected chi connectivity index (χ1v) is 6.52. The van der Waals surface area contributed by atoms with E-state index < -0.39 is 0 Å².